The van der Waals surface area contributed by atoms with E-state index in [1.165, 1.54) is 66.8 Å². The van der Waals surface area contributed by atoms with Crippen LogP contribution in [0.3, 0.4) is 0 Å². The van der Waals surface area contributed by atoms with Crippen LogP contribution >= 0.6 is 0 Å². The van der Waals surface area contributed by atoms with Crippen molar-refractivity contribution >= 4 is 34.1 Å². The zero-order valence-electron chi connectivity index (χ0n) is 37.6. The molecule has 0 spiro atoms. The third-order valence-corrected chi connectivity index (χ3v) is 12.7. The van der Waals surface area contributed by atoms with Gasteiger partial charge in [-0.1, -0.05) is 212 Å². The Balaban J connectivity index is 0.784. The average Bonchev–Trinajstić information content (AvgIpc) is 3.43. The van der Waals surface area contributed by atoms with Crippen molar-refractivity contribution in [3.8, 4) is 66.8 Å². The van der Waals surface area contributed by atoms with Crippen LogP contribution in [0.2, 0.25) is 0 Å². The smallest absolute Gasteiger partial charge is 0.0462 e. The molecule has 0 aliphatic rings. The van der Waals surface area contributed by atoms with E-state index in [1.807, 2.05) is 0 Å². The minimum atomic E-state index is 1.11. The molecule has 0 saturated heterocycles. The van der Waals surface area contributed by atoms with Gasteiger partial charge in [-0.2, -0.15) is 0 Å². The third-order valence-electron chi connectivity index (χ3n) is 12.7. The molecule has 0 heterocycles. The minimum Gasteiger partial charge on any atom is -0.311 e. The Hall–Kier alpha value is -8.98. The molecule has 0 fully saturated rings. The Morgan fingerprint density at radius 2 is 0.309 bits per heavy atom. The van der Waals surface area contributed by atoms with Gasteiger partial charge in [0.1, 0.15) is 0 Å². The van der Waals surface area contributed by atoms with Crippen LogP contribution in [0.25, 0.3) is 66.8 Å². The van der Waals surface area contributed by atoms with E-state index in [0.29, 0.717) is 0 Å². The maximum Gasteiger partial charge on any atom is 0.0462 e. The average molecular weight is 869 g/mol. The summed E-state index contributed by atoms with van der Waals surface area (Å²) in [5.74, 6) is 0. The van der Waals surface area contributed by atoms with E-state index >= 15 is 0 Å². The second kappa shape index (κ2) is 19.2. The van der Waals surface area contributed by atoms with Crippen LogP contribution in [-0.4, -0.2) is 0 Å². The number of rotatable bonds is 12. The van der Waals surface area contributed by atoms with E-state index in [9.17, 15) is 0 Å². The van der Waals surface area contributed by atoms with Gasteiger partial charge in [0.15, 0.2) is 0 Å². The molecule has 0 atom stereocenters. The SMILES string of the molecule is c1ccc(-c2ccc(N(c3ccccc3)c3ccc(-c4ccc(-c5cccc(-c6ccc(-c7ccc(N(c8ccccc8)c8ccc(-c9ccccc9)cc8)cc7)cc6)c5)cc4)cc3)cc2)cc1. The van der Waals surface area contributed by atoms with Crippen molar-refractivity contribution in [1.29, 1.82) is 0 Å². The molecule has 68 heavy (non-hydrogen) atoms. The summed E-state index contributed by atoms with van der Waals surface area (Å²) in [6.07, 6.45) is 0. The molecule has 0 unspecified atom stereocenters. The van der Waals surface area contributed by atoms with Gasteiger partial charge in [0.25, 0.3) is 0 Å². The van der Waals surface area contributed by atoms with Gasteiger partial charge in [0, 0.05) is 34.1 Å². The largest absolute Gasteiger partial charge is 0.311 e. The first kappa shape index (κ1) is 41.7. The lowest BCUT2D eigenvalue weighted by molar-refractivity contribution is 1.28. The molecule has 2 heteroatoms. The summed E-state index contributed by atoms with van der Waals surface area (Å²) in [4.78, 5) is 4.63. The molecule has 0 saturated carbocycles. The maximum atomic E-state index is 2.31. The summed E-state index contributed by atoms with van der Waals surface area (Å²) in [6.45, 7) is 0. The fourth-order valence-electron chi connectivity index (χ4n) is 9.11. The summed E-state index contributed by atoms with van der Waals surface area (Å²) < 4.78 is 0. The molecule has 0 amide bonds. The van der Waals surface area contributed by atoms with Crippen molar-refractivity contribution < 1.29 is 0 Å². The highest BCUT2D eigenvalue weighted by Gasteiger charge is 2.15. The molecule has 0 aliphatic carbocycles. The summed E-state index contributed by atoms with van der Waals surface area (Å²) in [6, 6.07) is 104. The first-order valence-electron chi connectivity index (χ1n) is 23.2. The highest BCUT2D eigenvalue weighted by Crippen LogP contribution is 2.39. The van der Waals surface area contributed by atoms with Crippen molar-refractivity contribution in [2.75, 3.05) is 9.80 Å². The zero-order chi connectivity index (χ0) is 45.5. The van der Waals surface area contributed by atoms with E-state index in [4.69, 9.17) is 0 Å². The molecular weight excluding hydrogens is 821 g/mol. The Morgan fingerprint density at radius 3 is 0.574 bits per heavy atom. The maximum absolute atomic E-state index is 2.31. The van der Waals surface area contributed by atoms with E-state index < -0.39 is 0 Å². The fourth-order valence-corrected chi connectivity index (χ4v) is 9.11. The number of anilines is 6. The second-order valence-electron chi connectivity index (χ2n) is 17.0. The van der Waals surface area contributed by atoms with Gasteiger partial charge in [-0.3, -0.25) is 0 Å². The number of benzene rings is 11. The molecule has 2 nitrogen and oxygen atoms in total. The third kappa shape index (κ3) is 9.00. The molecule has 0 N–H and O–H groups in total. The lowest BCUT2D eigenvalue weighted by atomic mass is 9.96. The van der Waals surface area contributed by atoms with Crippen LogP contribution in [0.4, 0.5) is 34.1 Å². The minimum absolute atomic E-state index is 1.11. The molecule has 0 aliphatic heterocycles. The summed E-state index contributed by atoms with van der Waals surface area (Å²) >= 11 is 0. The van der Waals surface area contributed by atoms with Crippen molar-refractivity contribution in [3.05, 3.63) is 291 Å². The Morgan fingerprint density at radius 1 is 0.132 bits per heavy atom. The molecule has 11 aromatic carbocycles. The van der Waals surface area contributed by atoms with Crippen LogP contribution < -0.4 is 9.80 Å². The molecular formula is C66H48N2. The summed E-state index contributed by atoms with van der Waals surface area (Å²) in [7, 11) is 0. The molecule has 0 bridgehead atoms. The van der Waals surface area contributed by atoms with Crippen LogP contribution in [0, 0.1) is 0 Å². The normalized spacial score (nSPS) is 10.9. The fraction of sp³-hybridized carbons (Fsp3) is 0. The Labute approximate surface area is 400 Å². The van der Waals surface area contributed by atoms with E-state index in [2.05, 4.69) is 301 Å². The standard InChI is InChI=1S/C66H48N2/c1-5-14-49(15-6-1)53-32-40-63(41-33-53)67(61-20-9-3-10-21-61)65-44-36-55(37-45-65)51-24-28-57(29-25-51)59-18-13-19-60(48-59)58-30-26-52(27-31-58)56-38-46-66(47-39-56)68(62-22-11-4-12-23-62)64-42-34-54(35-43-64)50-16-7-2-8-17-50/h1-48H. The van der Waals surface area contributed by atoms with Crippen LogP contribution in [0.1, 0.15) is 0 Å². The molecule has 322 valence electrons. The monoisotopic (exact) mass is 868 g/mol. The molecule has 11 rings (SSSR count). The summed E-state index contributed by atoms with van der Waals surface area (Å²) in [5.41, 5.74) is 21.0. The van der Waals surface area contributed by atoms with Gasteiger partial charge in [0.2, 0.25) is 0 Å². The predicted molar refractivity (Wildman–Crippen MR) is 288 cm³/mol. The van der Waals surface area contributed by atoms with E-state index in [1.54, 1.807) is 0 Å². The van der Waals surface area contributed by atoms with Crippen LogP contribution in [-0.2, 0) is 0 Å². The zero-order valence-corrected chi connectivity index (χ0v) is 37.6. The topological polar surface area (TPSA) is 6.48 Å². The first-order valence-corrected chi connectivity index (χ1v) is 23.2. The van der Waals surface area contributed by atoms with Gasteiger partial charge in [0.05, 0.1) is 0 Å². The second-order valence-corrected chi connectivity index (χ2v) is 17.0. The van der Waals surface area contributed by atoms with Crippen LogP contribution in [0.5, 0.6) is 0 Å². The Bertz CT molecular complexity index is 3120. The van der Waals surface area contributed by atoms with Crippen molar-refractivity contribution in [1.82, 2.24) is 0 Å². The number of hydrogen-bond donors (Lipinski definition) is 0. The molecule has 11 aromatic rings. The lowest BCUT2D eigenvalue weighted by Gasteiger charge is -2.26. The van der Waals surface area contributed by atoms with Gasteiger partial charge in [-0.05, 0) is 146 Å². The van der Waals surface area contributed by atoms with Crippen molar-refractivity contribution in [3.63, 3.8) is 0 Å². The van der Waals surface area contributed by atoms with Gasteiger partial charge >= 0.3 is 0 Å². The van der Waals surface area contributed by atoms with Gasteiger partial charge < -0.3 is 9.80 Å². The highest BCUT2D eigenvalue weighted by molar-refractivity contribution is 5.83. The van der Waals surface area contributed by atoms with E-state index in [0.717, 1.165) is 34.1 Å². The molecule has 0 aromatic heterocycles. The first-order chi connectivity index (χ1) is 33.7. The van der Waals surface area contributed by atoms with E-state index in [-0.39, 0.29) is 0 Å². The quantitative estimate of drug-likeness (QED) is 0.121. The highest BCUT2D eigenvalue weighted by atomic mass is 15.1. The number of nitrogens with zero attached hydrogens (tertiary/aromatic N) is 2. The summed E-state index contributed by atoms with van der Waals surface area (Å²) in [5, 5.41) is 0. The van der Waals surface area contributed by atoms with Crippen molar-refractivity contribution in [2.45, 2.75) is 0 Å². The number of para-hydroxylation sites is 2. The van der Waals surface area contributed by atoms with Gasteiger partial charge in [-0.25, -0.2) is 0 Å². The Kier molecular flexibility index (Phi) is 11.8. The van der Waals surface area contributed by atoms with Crippen molar-refractivity contribution in [2.24, 2.45) is 0 Å². The van der Waals surface area contributed by atoms with Crippen LogP contribution in [0.15, 0.2) is 291 Å². The lowest BCUT2D eigenvalue weighted by Crippen LogP contribution is -2.09. The predicted octanol–water partition coefficient (Wildman–Crippen LogP) is 18.6. The van der Waals surface area contributed by atoms with Gasteiger partial charge in [-0.15, -0.1) is 0 Å². The molecule has 0 radical (unpaired) electrons. The number of hydrogen-bond acceptors (Lipinski definition) is 2.